The number of nitrogen functional groups attached to an aromatic ring is 1. The minimum Gasteiger partial charge on any atom is -0.398 e. The van der Waals surface area contributed by atoms with Crippen LogP contribution < -0.4 is 5.73 Å². The molecule has 3 heteroatoms. The molecule has 0 aliphatic heterocycles. The van der Waals surface area contributed by atoms with Gasteiger partial charge in [0.1, 0.15) is 5.82 Å². The molecule has 2 N–H and O–H groups in total. The Morgan fingerprint density at radius 3 is 2.92 bits per heavy atom. The largest absolute Gasteiger partial charge is 0.398 e. The van der Waals surface area contributed by atoms with Crippen LogP contribution in [-0.4, -0.2) is 5.75 Å². The average Bonchev–Trinajstić information content (AvgIpc) is 2.11. The first-order chi connectivity index (χ1) is 6.24. The molecule has 1 aromatic carbocycles. The monoisotopic (exact) mass is 199 g/mol. The van der Waals surface area contributed by atoms with Crippen molar-refractivity contribution >= 4 is 17.4 Å². The van der Waals surface area contributed by atoms with Crippen molar-refractivity contribution in [2.45, 2.75) is 24.7 Å². The number of halogens is 1. The molecule has 72 valence electrons. The molecule has 0 saturated carbocycles. The second-order valence-electron chi connectivity index (χ2n) is 2.88. The zero-order chi connectivity index (χ0) is 9.68. The number of anilines is 1. The van der Waals surface area contributed by atoms with Crippen LogP contribution in [0.2, 0.25) is 0 Å². The van der Waals surface area contributed by atoms with Crippen LogP contribution in [0.4, 0.5) is 10.1 Å². The van der Waals surface area contributed by atoms with Gasteiger partial charge in [0, 0.05) is 10.6 Å². The zero-order valence-corrected chi connectivity index (χ0v) is 8.53. The lowest BCUT2D eigenvalue weighted by atomic mass is 10.3. The van der Waals surface area contributed by atoms with Crippen molar-refractivity contribution in [1.29, 1.82) is 0 Å². The first kappa shape index (κ1) is 10.4. The van der Waals surface area contributed by atoms with Crippen molar-refractivity contribution in [2.24, 2.45) is 0 Å². The third kappa shape index (κ3) is 3.27. The minimum absolute atomic E-state index is 0.215. The molecule has 0 fully saturated rings. The Balaban J connectivity index is 2.59. The van der Waals surface area contributed by atoms with E-state index in [9.17, 15) is 4.39 Å². The van der Waals surface area contributed by atoms with Crippen LogP contribution >= 0.6 is 11.8 Å². The summed E-state index contributed by atoms with van der Waals surface area (Å²) in [5.41, 5.74) is 6.35. The predicted molar refractivity (Wildman–Crippen MR) is 56.4 cm³/mol. The van der Waals surface area contributed by atoms with Crippen LogP contribution in [0.5, 0.6) is 0 Å². The molecule has 0 amide bonds. The van der Waals surface area contributed by atoms with E-state index < -0.39 is 0 Å². The summed E-state index contributed by atoms with van der Waals surface area (Å²) in [4.78, 5) is 0.855. The van der Waals surface area contributed by atoms with Gasteiger partial charge in [-0.15, -0.1) is 11.8 Å². The third-order valence-corrected chi connectivity index (χ3v) is 2.89. The van der Waals surface area contributed by atoms with Gasteiger partial charge in [-0.3, -0.25) is 0 Å². The van der Waals surface area contributed by atoms with Crippen LogP contribution in [-0.2, 0) is 0 Å². The van der Waals surface area contributed by atoms with Gasteiger partial charge >= 0.3 is 0 Å². The van der Waals surface area contributed by atoms with Crippen LogP contribution in [0.1, 0.15) is 19.8 Å². The van der Waals surface area contributed by atoms with Gasteiger partial charge in [0.15, 0.2) is 0 Å². The van der Waals surface area contributed by atoms with Crippen molar-refractivity contribution < 1.29 is 4.39 Å². The Kier molecular flexibility index (Phi) is 4.09. The van der Waals surface area contributed by atoms with E-state index in [2.05, 4.69) is 6.92 Å². The second-order valence-corrected chi connectivity index (χ2v) is 4.02. The third-order valence-electron chi connectivity index (χ3n) is 1.73. The number of unbranched alkanes of at least 4 members (excludes halogenated alkanes) is 1. The summed E-state index contributed by atoms with van der Waals surface area (Å²) in [5, 5.41) is 0. The van der Waals surface area contributed by atoms with E-state index in [1.807, 2.05) is 0 Å². The van der Waals surface area contributed by atoms with Crippen molar-refractivity contribution in [2.75, 3.05) is 11.5 Å². The van der Waals surface area contributed by atoms with E-state index >= 15 is 0 Å². The Labute approximate surface area is 82.5 Å². The molecule has 13 heavy (non-hydrogen) atoms. The van der Waals surface area contributed by atoms with E-state index in [-0.39, 0.29) is 5.82 Å². The molecule has 0 saturated heterocycles. The van der Waals surface area contributed by atoms with Gasteiger partial charge in [0.25, 0.3) is 0 Å². The van der Waals surface area contributed by atoms with E-state index in [4.69, 9.17) is 5.73 Å². The first-order valence-electron chi connectivity index (χ1n) is 4.42. The van der Waals surface area contributed by atoms with E-state index in [0.717, 1.165) is 23.5 Å². The summed E-state index contributed by atoms with van der Waals surface area (Å²) in [7, 11) is 0. The smallest absolute Gasteiger partial charge is 0.124 e. The molecule has 0 unspecified atom stereocenters. The predicted octanol–water partition coefficient (Wildman–Crippen LogP) is 3.30. The molecule has 0 heterocycles. The SMILES string of the molecule is CCCCSc1cc(F)ccc1N. The normalized spacial score (nSPS) is 10.3. The van der Waals surface area contributed by atoms with Gasteiger partial charge < -0.3 is 5.73 Å². The summed E-state index contributed by atoms with van der Waals surface area (Å²) >= 11 is 1.62. The van der Waals surface area contributed by atoms with Crippen molar-refractivity contribution in [1.82, 2.24) is 0 Å². The summed E-state index contributed by atoms with van der Waals surface area (Å²) in [6, 6.07) is 4.50. The molecule has 0 aliphatic rings. The maximum absolute atomic E-state index is 12.8. The molecule has 1 rings (SSSR count). The molecule has 0 aromatic heterocycles. The van der Waals surface area contributed by atoms with Crippen LogP contribution in [0.25, 0.3) is 0 Å². The first-order valence-corrected chi connectivity index (χ1v) is 5.40. The average molecular weight is 199 g/mol. The van der Waals surface area contributed by atoms with Crippen molar-refractivity contribution in [3.8, 4) is 0 Å². The Bertz CT molecular complexity index is 276. The molecule has 0 radical (unpaired) electrons. The molecular formula is C10H14FNS. The van der Waals surface area contributed by atoms with E-state index in [1.165, 1.54) is 12.1 Å². The molecule has 1 nitrogen and oxygen atoms in total. The number of benzene rings is 1. The summed E-state index contributed by atoms with van der Waals surface area (Å²) in [6.07, 6.45) is 2.29. The fraction of sp³-hybridized carbons (Fsp3) is 0.400. The Hall–Kier alpha value is -0.700. The fourth-order valence-electron chi connectivity index (χ4n) is 0.960. The molecule has 0 atom stereocenters. The highest BCUT2D eigenvalue weighted by atomic mass is 32.2. The highest BCUT2D eigenvalue weighted by Crippen LogP contribution is 2.26. The van der Waals surface area contributed by atoms with Crippen LogP contribution in [0.15, 0.2) is 23.1 Å². The lowest BCUT2D eigenvalue weighted by Gasteiger charge is -2.04. The molecule has 0 aliphatic carbocycles. The van der Waals surface area contributed by atoms with E-state index in [1.54, 1.807) is 17.8 Å². The fourth-order valence-corrected chi connectivity index (χ4v) is 2.04. The molecule has 0 bridgehead atoms. The van der Waals surface area contributed by atoms with Gasteiger partial charge in [-0.2, -0.15) is 0 Å². The van der Waals surface area contributed by atoms with Gasteiger partial charge in [-0.25, -0.2) is 4.39 Å². The number of hydrogen-bond donors (Lipinski definition) is 1. The maximum atomic E-state index is 12.8. The molecule has 0 spiro atoms. The summed E-state index contributed by atoms with van der Waals surface area (Å²) < 4.78 is 12.8. The number of rotatable bonds is 4. The number of thioether (sulfide) groups is 1. The molecular weight excluding hydrogens is 185 g/mol. The van der Waals surface area contributed by atoms with Gasteiger partial charge in [0.2, 0.25) is 0 Å². The lowest BCUT2D eigenvalue weighted by Crippen LogP contribution is -1.90. The van der Waals surface area contributed by atoms with Crippen molar-refractivity contribution in [3.63, 3.8) is 0 Å². The number of hydrogen-bond acceptors (Lipinski definition) is 2. The van der Waals surface area contributed by atoms with Crippen LogP contribution in [0.3, 0.4) is 0 Å². The second kappa shape index (κ2) is 5.12. The number of nitrogens with two attached hydrogens (primary N) is 1. The summed E-state index contributed by atoms with van der Waals surface area (Å²) in [5.74, 6) is 0.789. The molecule has 1 aromatic rings. The van der Waals surface area contributed by atoms with Crippen molar-refractivity contribution in [3.05, 3.63) is 24.0 Å². The van der Waals surface area contributed by atoms with Gasteiger partial charge in [-0.05, 0) is 30.4 Å². The lowest BCUT2D eigenvalue weighted by molar-refractivity contribution is 0.624. The zero-order valence-electron chi connectivity index (χ0n) is 7.72. The highest BCUT2D eigenvalue weighted by molar-refractivity contribution is 7.99. The Morgan fingerprint density at radius 1 is 1.46 bits per heavy atom. The summed E-state index contributed by atoms with van der Waals surface area (Å²) in [6.45, 7) is 2.13. The topological polar surface area (TPSA) is 26.0 Å². The Morgan fingerprint density at radius 2 is 2.23 bits per heavy atom. The van der Waals surface area contributed by atoms with E-state index in [0.29, 0.717) is 5.69 Å². The van der Waals surface area contributed by atoms with Gasteiger partial charge in [-0.1, -0.05) is 13.3 Å². The quantitative estimate of drug-likeness (QED) is 0.457. The maximum Gasteiger partial charge on any atom is 0.124 e. The highest BCUT2D eigenvalue weighted by Gasteiger charge is 2.00. The van der Waals surface area contributed by atoms with Gasteiger partial charge in [0.05, 0.1) is 0 Å². The minimum atomic E-state index is -0.215. The standard InChI is InChI=1S/C10H14FNS/c1-2-3-6-13-10-7-8(11)4-5-9(10)12/h4-5,7H,2-3,6,12H2,1H3. The van der Waals surface area contributed by atoms with Crippen LogP contribution in [0, 0.1) is 5.82 Å².